The van der Waals surface area contributed by atoms with Crippen LogP contribution in [0.1, 0.15) is 17.5 Å². The lowest BCUT2D eigenvalue weighted by molar-refractivity contribution is 0.127. The Balaban J connectivity index is 2.16. The molecule has 0 radical (unpaired) electrons. The van der Waals surface area contributed by atoms with Crippen LogP contribution in [-0.4, -0.2) is 11.3 Å². The second-order valence-electron chi connectivity index (χ2n) is 3.29. The van der Waals surface area contributed by atoms with E-state index in [9.17, 15) is 4.79 Å². The highest BCUT2D eigenvalue weighted by molar-refractivity contribution is 5.69. The smallest absolute Gasteiger partial charge is 0.409 e. The lowest BCUT2D eigenvalue weighted by Crippen LogP contribution is -2.22. The molecule has 0 aromatic heterocycles. The van der Waals surface area contributed by atoms with E-state index in [1.165, 1.54) is 16.6 Å². The van der Waals surface area contributed by atoms with Crippen molar-refractivity contribution in [1.82, 2.24) is 5.48 Å². The van der Waals surface area contributed by atoms with Gasteiger partial charge in [0.1, 0.15) is 5.75 Å². The predicted octanol–water partition coefficient (Wildman–Crippen LogP) is 1.65. The number of benzene rings is 1. The van der Waals surface area contributed by atoms with Gasteiger partial charge in [-0.25, -0.2) is 10.3 Å². The summed E-state index contributed by atoms with van der Waals surface area (Å²) in [5.74, 6) is 0.470. The van der Waals surface area contributed by atoms with E-state index in [-0.39, 0.29) is 0 Å². The standard InChI is InChI=1S/C10H11NO3/c12-10(11-13)14-9-5-4-7-2-1-3-8(7)6-9/h4-6,13H,1-3H2,(H,11,12). The molecule has 14 heavy (non-hydrogen) atoms. The highest BCUT2D eigenvalue weighted by Crippen LogP contribution is 2.25. The third-order valence-electron chi connectivity index (χ3n) is 2.37. The van der Waals surface area contributed by atoms with Gasteiger partial charge in [0.05, 0.1) is 0 Å². The summed E-state index contributed by atoms with van der Waals surface area (Å²) in [5, 5.41) is 8.26. The molecule has 74 valence electrons. The fraction of sp³-hybridized carbons (Fsp3) is 0.300. The molecular weight excluding hydrogens is 182 g/mol. The van der Waals surface area contributed by atoms with Crippen molar-refractivity contribution in [2.75, 3.05) is 0 Å². The van der Waals surface area contributed by atoms with E-state index in [2.05, 4.69) is 0 Å². The van der Waals surface area contributed by atoms with Crippen molar-refractivity contribution >= 4 is 6.09 Å². The Bertz CT molecular complexity index is 362. The molecule has 0 unspecified atom stereocenters. The summed E-state index contributed by atoms with van der Waals surface area (Å²) >= 11 is 0. The van der Waals surface area contributed by atoms with Gasteiger partial charge in [-0.15, -0.1) is 0 Å². The van der Waals surface area contributed by atoms with Gasteiger partial charge >= 0.3 is 6.09 Å². The molecule has 0 atom stereocenters. The summed E-state index contributed by atoms with van der Waals surface area (Å²) < 4.78 is 4.79. The topological polar surface area (TPSA) is 58.6 Å². The number of ether oxygens (including phenoxy) is 1. The molecule has 1 aromatic rings. The van der Waals surface area contributed by atoms with E-state index < -0.39 is 6.09 Å². The number of hydrogen-bond donors (Lipinski definition) is 2. The van der Waals surface area contributed by atoms with Gasteiger partial charge in [0, 0.05) is 0 Å². The first kappa shape index (κ1) is 9.02. The Morgan fingerprint density at radius 1 is 1.36 bits per heavy atom. The van der Waals surface area contributed by atoms with Crippen LogP contribution in [0.3, 0.4) is 0 Å². The highest BCUT2D eigenvalue weighted by atomic mass is 16.6. The Kier molecular flexibility index (Phi) is 2.37. The average Bonchev–Trinajstić information content (AvgIpc) is 2.64. The van der Waals surface area contributed by atoms with Gasteiger partial charge in [0.2, 0.25) is 0 Å². The van der Waals surface area contributed by atoms with Crippen LogP contribution >= 0.6 is 0 Å². The molecule has 0 saturated heterocycles. The number of hydrogen-bond acceptors (Lipinski definition) is 3. The fourth-order valence-electron chi connectivity index (χ4n) is 1.74. The van der Waals surface area contributed by atoms with Gasteiger partial charge in [-0.1, -0.05) is 6.07 Å². The zero-order chi connectivity index (χ0) is 9.97. The molecule has 1 aliphatic rings. The summed E-state index contributed by atoms with van der Waals surface area (Å²) in [6, 6.07) is 5.54. The first-order valence-corrected chi connectivity index (χ1v) is 4.53. The molecule has 0 fully saturated rings. The van der Waals surface area contributed by atoms with Crippen molar-refractivity contribution < 1.29 is 14.7 Å². The summed E-state index contributed by atoms with van der Waals surface area (Å²) in [6.07, 6.45) is 2.43. The number of fused-ring (bicyclic) bond motifs is 1. The molecule has 2 N–H and O–H groups in total. The van der Waals surface area contributed by atoms with Gasteiger partial charge < -0.3 is 4.74 Å². The quantitative estimate of drug-likeness (QED) is 0.526. The van der Waals surface area contributed by atoms with Gasteiger partial charge in [-0.05, 0) is 42.5 Å². The summed E-state index contributed by atoms with van der Waals surface area (Å²) in [7, 11) is 0. The first-order chi connectivity index (χ1) is 6.79. The molecule has 0 aliphatic heterocycles. The monoisotopic (exact) mass is 193 g/mol. The van der Waals surface area contributed by atoms with E-state index in [1.807, 2.05) is 12.1 Å². The molecule has 1 amide bonds. The molecule has 0 bridgehead atoms. The van der Waals surface area contributed by atoms with Crippen LogP contribution in [0.15, 0.2) is 18.2 Å². The van der Waals surface area contributed by atoms with Gasteiger partial charge in [-0.3, -0.25) is 5.21 Å². The van der Waals surface area contributed by atoms with Crippen LogP contribution < -0.4 is 10.2 Å². The summed E-state index contributed by atoms with van der Waals surface area (Å²) in [5.41, 5.74) is 3.97. The number of amides is 1. The number of carbonyl (C=O) groups excluding carboxylic acids is 1. The third-order valence-corrected chi connectivity index (χ3v) is 2.37. The Labute approximate surface area is 81.5 Å². The molecule has 0 heterocycles. The number of nitrogens with one attached hydrogen (secondary N) is 1. The van der Waals surface area contributed by atoms with Crippen molar-refractivity contribution in [3.8, 4) is 5.75 Å². The van der Waals surface area contributed by atoms with Crippen LogP contribution in [0, 0.1) is 0 Å². The largest absolute Gasteiger partial charge is 0.436 e. The second-order valence-corrected chi connectivity index (χ2v) is 3.29. The van der Waals surface area contributed by atoms with E-state index in [0.29, 0.717) is 5.75 Å². The lowest BCUT2D eigenvalue weighted by Gasteiger charge is -2.04. The number of rotatable bonds is 1. The SMILES string of the molecule is O=C(NO)Oc1ccc2c(c1)CCC2. The molecular formula is C10H11NO3. The lowest BCUT2D eigenvalue weighted by atomic mass is 10.1. The van der Waals surface area contributed by atoms with E-state index in [4.69, 9.17) is 9.94 Å². The number of hydroxylamine groups is 1. The number of aryl methyl sites for hydroxylation is 2. The number of carbonyl (C=O) groups is 1. The summed E-state index contributed by atoms with van der Waals surface area (Å²) in [6.45, 7) is 0. The normalized spacial score (nSPS) is 13.5. The summed E-state index contributed by atoms with van der Waals surface area (Å²) in [4.78, 5) is 10.7. The molecule has 4 heteroatoms. The molecule has 4 nitrogen and oxygen atoms in total. The average molecular weight is 193 g/mol. The zero-order valence-electron chi connectivity index (χ0n) is 7.62. The second kappa shape index (κ2) is 3.67. The molecule has 0 saturated carbocycles. The zero-order valence-corrected chi connectivity index (χ0v) is 7.62. The fourth-order valence-corrected chi connectivity index (χ4v) is 1.74. The maximum absolute atomic E-state index is 10.7. The molecule has 0 spiro atoms. The Hall–Kier alpha value is -1.55. The van der Waals surface area contributed by atoms with Crippen LogP contribution in [-0.2, 0) is 12.8 Å². The van der Waals surface area contributed by atoms with E-state index >= 15 is 0 Å². The van der Waals surface area contributed by atoms with Crippen molar-refractivity contribution in [3.05, 3.63) is 29.3 Å². The van der Waals surface area contributed by atoms with Crippen LogP contribution in [0.4, 0.5) is 4.79 Å². The third kappa shape index (κ3) is 1.70. The van der Waals surface area contributed by atoms with Gasteiger partial charge in [0.15, 0.2) is 0 Å². The van der Waals surface area contributed by atoms with E-state index in [0.717, 1.165) is 19.3 Å². The van der Waals surface area contributed by atoms with Crippen molar-refractivity contribution in [2.24, 2.45) is 0 Å². The maximum atomic E-state index is 10.7. The van der Waals surface area contributed by atoms with Crippen molar-refractivity contribution in [3.63, 3.8) is 0 Å². The van der Waals surface area contributed by atoms with Gasteiger partial charge in [0.25, 0.3) is 0 Å². The minimum atomic E-state index is -0.858. The van der Waals surface area contributed by atoms with Crippen LogP contribution in [0.25, 0.3) is 0 Å². The minimum absolute atomic E-state index is 0.470. The molecule has 2 rings (SSSR count). The molecule has 1 aliphatic carbocycles. The van der Waals surface area contributed by atoms with Crippen LogP contribution in [0.5, 0.6) is 5.75 Å². The van der Waals surface area contributed by atoms with Crippen molar-refractivity contribution in [1.29, 1.82) is 0 Å². The maximum Gasteiger partial charge on any atom is 0.436 e. The Morgan fingerprint density at radius 2 is 2.14 bits per heavy atom. The predicted molar refractivity (Wildman–Crippen MR) is 49.4 cm³/mol. The first-order valence-electron chi connectivity index (χ1n) is 4.53. The van der Waals surface area contributed by atoms with Crippen molar-refractivity contribution in [2.45, 2.75) is 19.3 Å². The highest BCUT2D eigenvalue weighted by Gasteiger charge is 2.12. The minimum Gasteiger partial charge on any atom is -0.409 e. The van der Waals surface area contributed by atoms with E-state index in [1.54, 1.807) is 6.07 Å². The Morgan fingerprint density at radius 3 is 2.93 bits per heavy atom. The molecule has 1 aromatic carbocycles. The van der Waals surface area contributed by atoms with Gasteiger partial charge in [-0.2, -0.15) is 0 Å². The van der Waals surface area contributed by atoms with Crippen LogP contribution in [0.2, 0.25) is 0 Å².